The van der Waals surface area contributed by atoms with Gasteiger partial charge in [-0.3, -0.25) is 4.79 Å². The quantitative estimate of drug-likeness (QED) is 0.814. The molecule has 0 radical (unpaired) electrons. The number of hydrogen-bond acceptors (Lipinski definition) is 4. The Hall–Kier alpha value is -0.650. The zero-order chi connectivity index (χ0) is 13.7. The van der Waals surface area contributed by atoms with Crippen LogP contribution in [-0.2, 0) is 14.3 Å². The topological polar surface area (TPSA) is 50.8 Å². The van der Waals surface area contributed by atoms with Crippen LogP contribution in [0.3, 0.4) is 0 Å². The highest BCUT2D eigenvalue weighted by atomic mass is 16.5. The van der Waals surface area contributed by atoms with Crippen LogP contribution in [0, 0.1) is 5.92 Å². The molecule has 110 valence electrons. The minimum Gasteiger partial charge on any atom is -0.384 e. The van der Waals surface area contributed by atoms with Crippen LogP contribution in [0.15, 0.2) is 0 Å². The van der Waals surface area contributed by atoms with E-state index in [1.54, 1.807) is 14.2 Å². The summed E-state index contributed by atoms with van der Waals surface area (Å²) in [6, 6.07) is 0. The molecule has 0 spiro atoms. The maximum absolute atomic E-state index is 12.8. The average molecular weight is 270 g/mol. The highest BCUT2D eigenvalue weighted by Gasteiger charge is 2.43. The molecule has 0 aromatic carbocycles. The van der Waals surface area contributed by atoms with Gasteiger partial charge in [0.25, 0.3) is 5.91 Å². The van der Waals surface area contributed by atoms with E-state index in [0.29, 0.717) is 5.92 Å². The lowest BCUT2D eigenvalue weighted by atomic mass is 9.88. The summed E-state index contributed by atoms with van der Waals surface area (Å²) in [6.07, 6.45) is 3.76. The van der Waals surface area contributed by atoms with Gasteiger partial charge in [0.2, 0.25) is 0 Å². The maximum Gasteiger partial charge on any atom is 0.254 e. The van der Waals surface area contributed by atoms with Crippen molar-refractivity contribution in [2.75, 3.05) is 47.0 Å². The second-order valence-corrected chi connectivity index (χ2v) is 5.66. The molecule has 2 saturated heterocycles. The third-order valence-electron chi connectivity index (χ3n) is 4.40. The van der Waals surface area contributed by atoms with E-state index in [2.05, 4.69) is 5.32 Å². The Labute approximate surface area is 115 Å². The molecular formula is C14H26N2O3. The van der Waals surface area contributed by atoms with Crippen molar-refractivity contribution < 1.29 is 14.3 Å². The number of nitrogens with zero attached hydrogens (tertiary/aromatic N) is 1. The van der Waals surface area contributed by atoms with Crippen LogP contribution >= 0.6 is 0 Å². The first-order chi connectivity index (χ1) is 9.22. The molecule has 0 saturated carbocycles. The minimum atomic E-state index is -0.597. The zero-order valence-electron chi connectivity index (χ0n) is 12.1. The molecule has 0 aliphatic carbocycles. The van der Waals surface area contributed by atoms with Gasteiger partial charge in [0.15, 0.2) is 0 Å². The molecule has 0 bridgehead atoms. The lowest BCUT2D eigenvalue weighted by Gasteiger charge is -2.41. The number of methoxy groups -OCH3 is 2. The molecule has 19 heavy (non-hydrogen) atoms. The van der Waals surface area contributed by atoms with Crippen LogP contribution < -0.4 is 5.32 Å². The molecule has 2 aliphatic rings. The summed E-state index contributed by atoms with van der Waals surface area (Å²) in [6.45, 7) is 4.12. The van der Waals surface area contributed by atoms with Gasteiger partial charge in [0, 0.05) is 27.3 Å². The predicted octanol–water partition coefficient (Wildman–Crippen LogP) is 0.640. The van der Waals surface area contributed by atoms with Crippen molar-refractivity contribution in [3.63, 3.8) is 0 Å². The molecule has 2 aliphatic heterocycles. The molecular weight excluding hydrogens is 244 g/mol. The minimum absolute atomic E-state index is 0.178. The van der Waals surface area contributed by atoms with E-state index in [-0.39, 0.29) is 5.91 Å². The van der Waals surface area contributed by atoms with Gasteiger partial charge in [-0.15, -0.1) is 0 Å². The molecule has 1 amide bonds. The average Bonchev–Trinajstić information content (AvgIpc) is 2.48. The summed E-state index contributed by atoms with van der Waals surface area (Å²) in [5.74, 6) is 0.649. The van der Waals surface area contributed by atoms with E-state index in [9.17, 15) is 4.79 Å². The molecule has 1 N–H and O–H groups in total. The third kappa shape index (κ3) is 3.27. The van der Waals surface area contributed by atoms with Crippen LogP contribution in [0.4, 0.5) is 0 Å². The Morgan fingerprint density at radius 1 is 1.37 bits per heavy atom. The Balaban J connectivity index is 2.00. The molecule has 0 aromatic heterocycles. The van der Waals surface area contributed by atoms with E-state index in [4.69, 9.17) is 9.47 Å². The SMILES string of the molecule is COCC1CCCN(C(=O)C2(OC)CCNCC2)C1. The summed E-state index contributed by atoms with van der Waals surface area (Å²) >= 11 is 0. The second-order valence-electron chi connectivity index (χ2n) is 5.66. The molecule has 5 nitrogen and oxygen atoms in total. The molecule has 5 heteroatoms. The first-order valence-corrected chi connectivity index (χ1v) is 7.26. The van der Waals surface area contributed by atoms with Crippen LogP contribution in [0.25, 0.3) is 0 Å². The number of hydrogen-bond donors (Lipinski definition) is 1. The number of nitrogens with one attached hydrogen (secondary N) is 1. The molecule has 2 fully saturated rings. The highest BCUT2D eigenvalue weighted by Crippen LogP contribution is 2.28. The molecule has 2 rings (SSSR count). The van der Waals surface area contributed by atoms with Gasteiger partial charge < -0.3 is 19.7 Å². The van der Waals surface area contributed by atoms with E-state index in [0.717, 1.165) is 58.5 Å². The normalized spacial score (nSPS) is 27.3. The van der Waals surface area contributed by atoms with Gasteiger partial charge in [0.1, 0.15) is 5.60 Å². The number of ether oxygens (including phenoxy) is 2. The van der Waals surface area contributed by atoms with Gasteiger partial charge in [0.05, 0.1) is 6.61 Å². The Kier molecular flexibility index (Phi) is 5.19. The van der Waals surface area contributed by atoms with Crippen LogP contribution in [0.5, 0.6) is 0 Å². The van der Waals surface area contributed by atoms with Gasteiger partial charge >= 0.3 is 0 Å². The van der Waals surface area contributed by atoms with E-state index in [1.807, 2.05) is 4.90 Å². The molecule has 1 unspecified atom stereocenters. The van der Waals surface area contributed by atoms with Crippen molar-refractivity contribution in [2.45, 2.75) is 31.3 Å². The number of carbonyl (C=O) groups excluding carboxylic acids is 1. The Morgan fingerprint density at radius 2 is 2.11 bits per heavy atom. The van der Waals surface area contributed by atoms with Crippen LogP contribution in [0.2, 0.25) is 0 Å². The van der Waals surface area contributed by atoms with Crippen molar-refractivity contribution in [3.05, 3.63) is 0 Å². The summed E-state index contributed by atoms with van der Waals surface area (Å²) in [4.78, 5) is 14.8. The Morgan fingerprint density at radius 3 is 2.74 bits per heavy atom. The number of likely N-dealkylation sites (tertiary alicyclic amines) is 1. The van der Waals surface area contributed by atoms with Gasteiger partial charge in [-0.1, -0.05) is 0 Å². The van der Waals surface area contributed by atoms with Crippen LogP contribution in [-0.4, -0.2) is 63.4 Å². The fourth-order valence-electron chi connectivity index (χ4n) is 3.25. The van der Waals surface area contributed by atoms with Crippen LogP contribution in [0.1, 0.15) is 25.7 Å². The van der Waals surface area contributed by atoms with Crippen molar-refractivity contribution in [2.24, 2.45) is 5.92 Å². The van der Waals surface area contributed by atoms with E-state index < -0.39 is 5.60 Å². The van der Waals surface area contributed by atoms with Gasteiger partial charge in [-0.2, -0.15) is 0 Å². The molecule has 1 atom stereocenters. The van der Waals surface area contributed by atoms with Crippen molar-refractivity contribution in [1.29, 1.82) is 0 Å². The smallest absolute Gasteiger partial charge is 0.254 e. The summed E-state index contributed by atoms with van der Waals surface area (Å²) < 4.78 is 10.9. The number of rotatable bonds is 4. The maximum atomic E-state index is 12.8. The van der Waals surface area contributed by atoms with E-state index >= 15 is 0 Å². The lowest BCUT2D eigenvalue weighted by Crippen LogP contribution is -2.57. The van der Waals surface area contributed by atoms with Gasteiger partial charge in [-0.05, 0) is 44.7 Å². The number of piperidine rings is 2. The predicted molar refractivity (Wildman–Crippen MR) is 73.0 cm³/mol. The first kappa shape index (κ1) is 14.8. The number of amides is 1. The van der Waals surface area contributed by atoms with Crippen molar-refractivity contribution >= 4 is 5.91 Å². The zero-order valence-corrected chi connectivity index (χ0v) is 12.1. The fourth-order valence-corrected chi connectivity index (χ4v) is 3.25. The van der Waals surface area contributed by atoms with Crippen molar-refractivity contribution in [1.82, 2.24) is 10.2 Å². The second kappa shape index (κ2) is 6.68. The standard InChI is InChI=1S/C14H26N2O3/c1-18-11-12-4-3-9-16(10-12)13(17)14(19-2)5-7-15-8-6-14/h12,15H,3-11H2,1-2H3. The van der Waals surface area contributed by atoms with E-state index in [1.165, 1.54) is 0 Å². The fraction of sp³-hybridized carbons (Fsp3) is 0.929. The summed E-state index contributed by atoms with van der Waals surface area (Å²) in [5.41, 5.74) is -0.597. The summed E-state index contributed by atoms with van der Waals surface area (Å²) in [5, 5.41) is 3.29. The largest absolute Gasteiger partial charge is 0.384 e. The van der Waals surface area contributed by atoms with Gasteiger partial charge in [-0.25, -0.2) is 0 Å². The first-order valence-electron chi connectivity index (χ1n) is 7.26. The summed E-state index contributed by atoms with van der Waals surface area (Å²) in [7, 11) is 3.39. The Bertz CT molecular complexity index is 301. The molecule has 0 aromatic rings. The number of carbonyl (C=O) groups is 1. The molecule has 2 heterocycles. The lowest BCUT2D eigenvalue weighted by molar-refractivity contribution is -0.160. The monoisotopic (exact) mass is 270 g/mol. The highest BCUT2D eigenvalue weighted by molar-refractivity contribution is 5.85. The third-order valence-corrected chi connectivity index (χ3v) is 4.40. The van der Waals surface area contributed by atoms with Crippen molar-refractivity contribution in [3.8, 4) is 0 Å².